The van der Waals surface area contributed by atoms with Gasteiger partial charge in [0.15, 0.2) is 0 Å². The zero-order chi connectivity index (χ0) is 10.8. The SMILES string of the molecule is C=NC(=O)c1ccc(C(C)(C)C)cc1. The molecule has 0 bridgehead atoms. The Morgan fingerprint density at radius 2 is 1.71 bits per heavy atom. The Bertz CT molecular complexity index is 344. The summed E-state index contributed by atoms with van der Waals surface area (Å²) < 4.78 is 0. The van der Waals surface area contributed by atoms with Gasteiger partial charge in [0.1, 0.15) is 0 Å². The summed E-state index contributed by atoms with van der Waals surface area (Å²) in [6.07, 6.45) is 0. The second-order valence-corrected chi connectivity index (χ2v) is 4.29. The number of amides is 1. The molecule has 1 amide bonds. The molecule has 2 nitrogen and oxygen atoms in total. The van der Waals surface area contributed by atoms with Crippen molar-refractivity contribution in [3.8, 4) is 0 Å². The summed E-state index contributed by atoms with van der Waals surface area (Å²) in [6, 6.07) is 7.49. The molecule has 0 heterocycles. The molecule has 0 atom stereocenters. The van der Waals surface area contributed by atoms with E-state index in [1.807, 2.05) is 12.1 Å². The van der Waals surface area contributed by atoms with Crippen molar-refractivity contribution < 1.29 is 4.79 Å². The summed E-state index contributed by atoms with van der Waals surface area (Å²) >= 11 is 0. The highest BCUT2D eigenvalue weighted by Crippen LogP contribution is 2.22. The van der Waals surface area contributed by atoms with Gasteiger partial charge in [-0.1, -0.05) is 32.9 Å². The van der Waals surface area contributed by atoms with Crippen LogP contribution in [0.4, 0.5) is 0 Å². The van der Waals surface area contributed by atoms with Crippen molar-refractivity contribution in [1.82, 2.24) is 0 Å². The number of carbonyl (C=O) groups excluding carboxylic acids is 1. The predicted octanol–water partition coefficient (Wildman–Crippen LogP) is 2.82. The van der Waals surface area contributed by atoms with Gasteiger partial charge in [0, 0.05) is 5.56 Å². The van der Waals surface area contributed by atoms with Crippen molar-refractivity contribution in [3.63, 3.8) is 0 Å². The Morgan fingerprint density at radius 3 is 2.07 bits per heavy atom. The fourth-order valence-electron chi connectivity index (χ4n) is 1.20. The molecule has 0 spiro atoms. The van der Waals surface area contributed by atoms with Gasteiger partial charge >= 0.3 is 0 Å². The molecule has 0 radical (unpaired) electrons. The number of hydrogen-bond donors (Lipinski definition) is 0. The van der Waals surface area contributed by atoms with Crippen LogP contribution in [0.15, 0.2) is 29.3 Å². The van der Waals surface area contributed by atoms with Gasteiger partial charge in [0.25, 0.3) is 5.91 Å². The molecule has 0 saturated heterocycles. The van der Waals surface area contributed by atoms with Crippen molar-refractivity contribution >= 4 is 12.6 Å². The zero-order valence-corrected chi connectivity index (χ0v) is 8.87. The van der Waals surface area contributed by atoms with E-state index < -0.39 is 0 Å². The van der Waals surface area contributed by atoms with Crippen molar-refractivity contribution in [2.45, 2.75) is 26.2 Å². The van der Waals surface area contributed by atoms with E-state index in [9.17, 15) is 4.79 Å². The fourth-order valence-corrected chi connectivity index (χ4v) is 1.20. The summed E-state index contributed by atoms with van der Waals surface area (Å²) in [6.45, 7) is 9.61. The number of carbonyl (C=O) groups is 1. The average Bonchev–Trinajstić information content (AvgIpc) is 2.15. The molecule has 0 aliphatic carbocycles. The lowest BCUT2D eigenvalue weighted by Crippen LogP contribution is -2.11. The Balaban J connectivity index is 3.00. The van der Waals surface area contributed by atoms with Crippen LogP contribution in [0.1, 0.15) is 36.7 Å². The monoisotopic (exact) mass is 189 g/mol. The molecule has 0 N–H and O–H groups in total. The minimum Gasteiger partial charge on any atom is -0.267 e. The molecule has 0 saturated carbocycles. The molecular weight excluding hydrogens is 174 g/mol. The topological polar surface area (TPSA) is 29.4 Å². The first-order valence-corrected chi connectivity index (χ1v) is 4.57. The van der Waals surface area contributed by atoms with Crippen LogP contribution in [-0.2, 0) is 5.41 Å². The molecular formula is C12H15NO. The van der Waals surface area contributed by atoms with E-state index in [1.165, 1.54) is 5.56 Å². The van der Waals surface area contributed by atoms with E-state index >= 15 is 0 Å². The van der Waals surface area contributed by atoms with Gasteiger partial charge in [0.05, 0.1) is 0 Å². The van der Waals surface area contributed by atoms with Crippen LogP contribution < -0.4 is 0 Å². The molecule has 0 aliphatic heterocycles. The maximum absolute atomic E-state index is 11.1. The van der Waals surface area contributed by atoms with Gasteiger partial charge in [-0.15, -0.1) is 0 Å². The number of nitrogens with zero attached hydrogens (tertiary/aromatic N) is 1. The number of benzene rings is 1. The maximum atomic E-state index is 11.1. The summed E-state index contributed by atoms with van der Waals surface area (Å²) in [7, 11) is 0. The highest BCUT2D eigenvalue weighted by atomic mass is 16.1. The van der Waals surface area contributed by atoms with Crippen LogP contribution in [0.25, 0.3) is 0 Å². The quantitative estimate of drug-likeness (QED) is 0.624. The summed E-state index contributed by atoms with van der Waals surface area (Å²) in [5.41, 5.74) is 1.91. The third kappa shape index (κ3) is 2.28. The normalized spacial score (nSPS) is 11.1. The van der Waals surface area contributed by atoms with E-state index in [-0.39, 0.29) is 11.3 Å². The second kappa shape index (κ2) is 3.74. The first-order valence-electron chi connectivity index (χ1n) is 4.57. The van der Waals surface area contributed by atoms with Crippen molar-refractivity contribution in [2.75, 3.05) is 0 Å². The molecule has 2 heteroatoms. The lowest BCUT2D eigenvalue weighted by atomic mass is 9.87. The van der Waals surface area contributed by atoms with Crippen molar-refractivity contribution in [3.05, 3.63) is 35.4 Å². The standard InChI is InChI=1S/C12H15NO/c1-12(2,3)10-7-5-9(6-8-10)11(14)13-4/h5-8H,4H2,1-3H3. The van der Waals surface area contributed by atoms with Crippen LogP contribution in [0.5, 0.6) is 0 Å². The molecule has 74 valence electrons. The van der Waals surface area contributed by atoms with E-state index in [4.69, 9.17) is 0 Å². The van der Waals surface area contributed by atoms with Crippen molar-refractivity contribution in [1.29, 1.82) is 0 Å². The largest absolute Gasteiger partial charge is 0.276 e. The van der Waals surface area contributed by atoms with Gasteiger partial charge in [-0.25, -0.2) is 4.99 Å². The molecule has 14 heavy (non-hydrogen) atoms. The van der Waals surface area contributed by atoms with E-state index in [1.54, 1.807) is 12.1 Å². The maximum Gasteiger partial charge on any atom is 0.276 e. The van der Waals surface area contributed by atoms with Gasteiger partial charge < -0.3 is 0 Å². The van der Waals surface area contributed by atoms with Gasteiger partial charge in [-0.2, -0.15) is 0 Å². The third-order valence-corrected chi connectivity index (χ3v) is 2.14. The average molecular weight is 189 g/mol. The Kier molecular flexibility index (Phi) is 2.84. The van der Waals surface area contributed by atoms with Crippen LogP contribution in [-0.4, -0.2) is 12.6 Å². The van der Waals surface area contributed by atoms with Gasteiger partial charge in [0.2, 0.25) is 0 Å². The zero-order valence-electron chi connectivity index (χ0n) is 8.87. The minimum absolute atomic E-state index is 0.114. The number of aliphatic imine (C=N–C) groups is 1. The molecule has 1 aromatic rings. The van der Waals surface area contributed by atoms with Gasteiger partial charge in [-0.05, 0) is 29.8 Å². The summed E-state index contributed by atoms with van der Waals surface area (Å²) in [5, 5.41) is 0. The van der Waals surface area contributed by atoms with E-state index in [2.05, 4.69) is 32.5 Å². The smallest absolute Gasteiger partial charge is 0.267 e. The molecule has 0 fully saturated rings. The first-order chi connectivity index (χ1) is 6.45. The molecule has 1 rings (SSSR count). The van der Waals surface area contributed by atoms with Crippen molar-refractivity contribution in [2.24, 2.45) is 4.99 Å². The third-order valence-electron chi connectivity index (χ3n) is 2.14. The Hall–Kier alpha value is -1.44. The summed E-state index contributed by atoms with van der Waals surface area (Å²) in [4.78, 5) is 14.5. The number of hydrogen-bond acceptors (Lipinski definition) is 1. The van der Waals surface area contributed by atoms with E-state index in [0.29, 0.717) is 5.56 Å². The molecule has 0 aliphatic rings. The highest BCUT2D eigenvalue weighted by molar-refractivity contribution is 5.96. The van der Waals surface area contributed by atoms with Crippen LogP contribution in [0, 0.1) is 0 Å². The fraction of sp³-hybridized carbons (Fsp3) is 0.333. The Labute approximate surface area is 84.7 Å². The highest BCUT2D eigenvalue weighted by Gasteiger charge is 2.13. The second-order valence-electron chi connectivity index (χ2n) is 4.29. The number of rotatable bonds is 1. The first kappa shape index (κ1) is 10.6. The van der Waals surface area contributed by atoms with Crippen LogP contribution in [0.2, 0.25) is 0 Å². The Morgan fingerprint density at radius 1 is 1.21 bits per heavy atom. The molecule has 0 unspecified atom stereocenters. The lowest BCUT2D eigenvalue weighted by Gasteiger charge is -2.18. The van der Waals surface area contributed by atoms with Crippen LogP contribution >= 0.6 is 0 Å². The molecule has 1 aromatic carbocycles. The predicted molar refractivity (Wildman–Crippen MR) is 59.0 cm³/mol. The summed E-state index contributed by atoms with van der Waals surface area (Å²) in [5.74, 6) is -0.273. The van der Waals surface area contributed by atoms with E-state index in [0.717, 1.165) is 0 Å². The van der Waals surface area contributed by atoms with Crippen LogP contribution in [0.3, 0.4) is 0 Å². The lowest BCUT2D eigenvalue weighted by molar-refractivity contribution is 0.100. The van der Waals surface area contributed by atoms with Gasteiger partial charge in [-0.3, -0.25) is 4.79 Å². The molecule has 0 aromatic heterocycles. The minimum atomic E-state index is -0.273.